The lowest BCUT2D eigenvalue weighted by Crippen LogP contribution is -1.89. The van der Waals surface area contributed by atoms with Gasteiger partial charge in [-0.1, -0.05) is 38.1 Å². The number of furan rings is 1. The fourth-order valence-corrected chi connectivity index (χ4v) is 2.66. The summed E-state index contributed by atoms with van der Waals surface area (Å²) in [5.74, 6) is 0.386. The maximum Gasteiger partial charge on any atom is 0.136 e. The molecule has 0 bridgehead atoms. The van der Waals surface area contributed by atoms with Gasteiger partial charge in [0.25, 0.3) is 0 Å². The second kappa shape index (κ2) is 5.04. The fraction of sp³-hybridized carbons (Fsp3) is 0.222. The third kappa shape index (κ3) is 1.97. The molecule has 102 valence electrons. The number of rotatable bonds is 3. The van der Waals surface area contributed by atoms with Gasteiger partial charge in [-0.25, -0.2) is 0 Å². The SMILES string of the molecule is CCC(CC)=C(O)c1ccc2c(c1)oc1ccccc12. The van der Waals surface area contributed by atoms with Crippen molar-refractivity contribution in [1.29, 1.82) is 0 Å². The molecule has 2 heteroatoms. The van der Waals surface area contributed by atoms with Crippen LogP contribution in [0.3, 0.4) is 0 Å². The first-order chi connectivity index (χ1) is 9.74. The van der Waals surface area contributed by atoms with Crippen LogP contribution in [0.15, 0.2) is 52.5 Å². The smallest absolute Gasteiger partial charge is 0.136 e. The lowest BCUT2D eigenvalue weighted by Gasteiger charge is -2.06. The number of fused-ring (bicyclic) bond motifs is 3. The summed E-state index contributed by atoms with van der Waals surface area (Å²) in [7, 11) is 0. The minimum Gasteiger partial charge on any atom is -0.507 e. The van der Waals surface area contributed by atoms with E-state index >= 15 is 0 Å². The largest absolute Gasteiger partial charge is 0.507 e. The Kier molecular flexibility index (Phi) is 3.23. The molecule has 3 aromatic rings. The highest BCUT2D eigenvalue weighted by Crippen LogP contribution is 2.31. The van der Waals surface area contributed by atoms with E-state index in [1.165, 1.54) is 0 Å². The minimum atomic E-state index is 0.386. The molecule has 20 heavy (non-hydrogen) atoms. The van der Waals surface area contributed by atoms with Gasteiger partial charge in [-0.05, 0) is 36.6 Å². The number of hydrogen-bond donors (Lipinski definition) is 1. The molecular weight excluding hydrogens is 248 g/mol. The van der Waals surface area contributed by atoms with Crippen LogP contribution in [0.2, 0.25) is 0 Å². The van der Waals surface area contributed by atoms with Gasteiger partial charge in [0.15, 0.2) is 0 Å². The van der Waals surface area contributed by atoms with Crippen LogP contribution in [0.1, 0.15) is 32.3 Å². The first-order valence-corrected chi connectivity index (χ1v) is 7.07. The molecule has 0 radical (unpaired) electrons. The summed E-state index contributed by atoms with van der Waals surface area (Å²) in [5, 5.41) is 12.6. The molecular formula is C18H18O2. The van der Waals surface area contributed by atoms with Crippen LogP contribution in [0.25, 0.3) is 27.7 Å². The third-order valence-corrected chi connectivity index (χ3v) is 3.84. The van der Waals surface area contributed by atoms with Crippen molar-refractivity contribution in [1.82, 2.24) is 0 Å². The molecule has 0 amide bonds. The zero-order valence-corrected chi connectivity index (χ0v) is 11.8. The van der Waals surface area contributed by atoms with E-state index < -0.39 is 0 Å². The molecule has 0 saturated carbocycles. The highest BCUT2D eigenvalue weighted by Gasteiger charge is 2.10. The first kappa shape index (κ1) is 12.8. The van der Waals surface area contributed by atoms with Gasteiger partial charge in [0.2, 0.25) is 0 Å². The van der Waals surface area contributed by atoms with Crippen molar-refractivity contribution < 1.29 is 9.52 Å². The number of para-hydroxylation sites is 1. The van der Waals surface area contributed by atoms with Crippen molar-refractivity contribution in [2.75, 3.05) is 0 Å². The van der Waals surface area contributed by atoms with Gasteiger partial charge in [-0.15, -0.1) is 0 Å². The van der Waals surface area contributed by atoms with Crippen LogP contribution < -0.4 is 0 Å². The van der Waals surface area contributed by atoms with E-state index in [0.29, 0.717) is 5.76 Å². The van der Waals surface area contributed by atoms with Gasteiger partial charge in [0.05, 0.1) is 0 Å². The predicted octanol–water partition coefficient (Wildman–Crippen LogP) is 5.68. The van der Waals surface area contributed by atoms with Crippen molar-refractivity contribution in [2.45, 2.75) is 26.7 Å². The third-order valence-electron chi connectivity index (χ3n) is 3.84. The molecule has 2 nitrogen and oxygen atoms in total. The van der Waals surface area contributed by atoms with Gasteiger partial charge < -0.3 is 9.52 Å². The second-order valence-corrected chi connectivity index (χ2v) is 4.97. The molecule has 3 rings (SSSR count). The van der Waals surface area contributed by atoms with Crippen molar-refractivity contribution in [3.63, 3.8) is 0 Å². The van der Waals surface area contributed by atoms with Crippen LogP contribution in [-0.4, -0.2) is 5.11 Å². The van der Waals surface area contributed by atoms with Crippen molar-refractivity contribution in [3.8, 4) is 0 Å². The van der Waals surface area contributed by atoms with Crippen LogP contribution in [-0.2, 0) is 0 Å². The zero-order chi connectivity index (χ0) is 14.1. The zero-order valence-electron chi connectivity index (χ0n) is 11.8. The number of allylic oxidation sites excluding steroid dienone is 1. The second-order valence-electron chi connectivity index (χ2n) is 4.97. The lowest BCUT2D eigenvalue weighted by molar-refractivity contribution is 0.502. The Morgan fingerprint density at radius 3 is 2.40 bits per heavy atom. The molecule has 1 heterocycles. The van der Waals surface area contributed by atoms with E-state index in [1.54, 1.807) is 0 Å². The van der Waals surface area contributed by atoms with E-state index in [9.17, 15) is 5.11 Å². The van der Waals surface area contributed by atoms with E-state index in [4.69, 9.17) is 4.42 Å². The number of aliphatic hydroxyl groups excluding tert-OH is 1. The molecule has 0 atom stereocenters. The summed E-state index contributed by atoms with van der Waals surface area (Å²) in [5.41, 5.74) is 3.60. The van der Waals surface area contributed by atoms with Crippen molar-refractivity contribution in [2.24, 2.45) is 0 Å². The number of benzene rings is 2. The summed E-state index contributed by atoms with van der Waals surface area (Å²) in [6.07, 6.45) is 1.72. The molecule has 0 aliphatic heterocycles. The summed E-state index contributed by atoms with van der Waals surface area (Å²) < 4.78 is 5.86. The molecule has 0 saturated heterocycles. The summed E-state index contributed by atoms with van der Waals surface area (Å²) >= 11 is 0. The van der Waals surface area contributed by atoms with Crippen LogP contribution in [0.4, 0.5) is 0 Å². The van der Waals surface area contributed by atoms with Crippen LogP contribution >= 0.6 is 0 Å². The van der Waals surface area contributed by atoms with Gasteiger partial charge >= 0.3 is 0 Å². The maximum atomic E-state index is 10.4. The Bertz CT molecular complexity index is 787. The first-order valence-electron chi connectivity index (χ1n) is 7.07. The molecule has 0 spiro atoms. The Hall–Kier alpha value is -2.22. The van der Waals surface area contributed by atoms with Crippen LogP contribution in [0.5, 0.6) is 0 Å². The fourth-order valence-electron chi connectivity index (χ4n) is 2.66. The average Bonchev–Trinajstić information content (AvgIpc) is 2.86. The van der Waals surface area contributed by atoms with E-state index in [2.05, 4.69) is 19.9 Å². The summed E-state index contributed by atoms with van der Waals surface area (Å²) in [4.78, 5) is 0. The summed E-state index contributed by atoms with van der Waals surface area (Å²) in [6, 6.07) is 13.9. The predicted molar refractivity (Wildman–Crippen MR) is 83.9 cm³/mol. The van der Waals surface area contributed by atoms with Gasteiger partial charge in [-0.2, -0.15) is 0 Å². The topological polar surface area (TPSA) is 33.4 Å². The molecule has 2 aromatic carbocycles. The van der Waals surface area contributed by atoms with Crippen molar-refractivity contribution >= 4 is 27.7 Å². The minimum absolute atomic E-state index is 0.386. The van der Waals surface area contributed by atoms with Crippen molar-refractivity contribution in [3.05, 3.63) is 53.6 Å². The molecule has 0 aliphatic carbocycles. The maximum absolute atomic E-state index is 10.4. The molecule has 0 fully saturated rings. The quantitative estimate of drug-likeness (QED) is 0.619. The van der Waals surface area contributed by atoms with Gasteiger partial charge in [0.1, 0.15) is 16.9 Å². The van der Waals surface area contributed by atoms with Crippen LogP contribution in [0, 0.1) is 0 Å². The Morgan fingerprint density at radius 2 is 1.65 bits per heavy atom. The monoisotopic (exact) mass is 266 g/mol. The van der Waals surface area contributed by atoms with Gasteiger partial charge in [0, 0.05) is 16.3 Å². The van der Waals surface area contributed by atoms with E-state index in [0.717, 1.165) is 45.9 Å². The Balaban J connectivity index is 2.21. The molecule has 0 aliphatic rings. The Labute approximate surface area is 118 Å². The van der Waals surface area contributed by atoms with E-state index in [-0.39, 0.29) is 0 Å². The summed E-state index contributed by atoms with van der Waals surface area (Å²) in [6.45, 7) is 4.13. The van der Waals surface area contributed by atoms with Gasteiger partial charge in [-0.3, -0.25) is 0 Å². The molecule has 1 N–H and O–H groups in total. The molecule has 1 aromatic heterocycles. The molecule has 0 unspecified atom stereocenters. The Morgan fingerprint density at radius 1 is 0.950 bits per heavy atom. The number of hydrogen-bond acceptors (Lipinski definition) is 2. The van der Waals surface area contributed by atoms with E-state index in [1.807, 2.05) is 36.4 Å². The lowest BCUT2D eigenvalue weighted by atomic mass is 10.0. The average molecular weight is 266 g/mol. The number of aliphatic hydroxyl groups is 1. The highest BCUT2D eigenvalue weighted by atomic mass is 16.3. The normalized spacial score (nSPS) is 11.1. The standard InChI is InChI=1S/C18H18O2/c1-3-12(4-2)18(19)13-9-10-15-14-7-5-6-8-16(14)20-17(15)11-13/h5-11,19H,3-4H2,1-2H3. The highest BCUT2D eigenvalue weighted by molar-refractivity contribution is 6.05.